The van der Waals surface area contributed by atoms with Gasteiger partial charge in [-0.2, -0.15) is 4.31 Å². The number of thioether (sulfide) groups is 1. The van der Waals surface area contributed by atoms with E-state index in [2.05, 4.69) is 20.8 Å². The number of likely N-dealkylation sites (N-methyl/N-ethyl adjacent to an activating group) is 1. The molecule has 27 heavy (non-hydrogen) atoms. The van der Waals surface area contributed by atoms with Crippen molar-refractivity contribution < 1.29 is 18.0 Å². The van der Waals surface area contributed by atoms with Crippen LogP contribution in [0.1, 0.15) is 5.56 Å². The lowest BCUT2D eigenvalue weighted by Gasteiger charge is -2.12. The molecule has 0 saturated carbocycles. The first-order chi connectivity index (χ1) is 12.6. The molecule has 1 heterocycles. The maximum absolute atomic E-state index is 12.0. The lowest BCUT2D eigenvalue weighted by molar-refractivity contribution is -0.116. The smallest absolute Gasteiger partial charge is 0.241 e. The third-order valence-electron chi connectivity index (χ3n) is 3.25. The van der Waals surface area contributed by atoms with Gasteiger partial charge in [0.1, 0.15) is 0 Å². The number of anilines is 2. The number of hydrogen-bond acceptors (Lipinski definition) is 8. The molecule has 2 rings (SSSR count). The number of rotatable bonds is 8. The summed E-state index contributed by atoms with van der Waals surface area (Å²) in [6.45, 7) is 1.65. The summed E-state index contributed by atoms with van der Waals surface area (Å²) >= 11 is 2.30. The number of nitrogens with zero attached hydrogens (tertiary/aromatic N) is 3. The minimum Gasteiger partial charge on any atom is -0.325 e. The molecule has 0 saturated heterocycles. The third kappa shape index (κ3) is 7.25. The Morgan fingerprint density at radius 1 is 1.15 bits per heavy atom. The van der Waals surface area contributed by atoms with Crippen LogP contribution < -0.4 is 10.6 Å². The average molecular weight is 430 g/mol. The molecule has 2 amide bonds. The topological polar surface area (TPSA) is 121 Å². The zero-order valence-corrected chi connectivity index (χ0v) is 17.4. The molecular formula is C15H19N5O4S3. The summed E-state index contributed by atoms with van der Waals surface area (Å²) in [5.41, 5.74) is 1.82. The standard InChI is InChI=1S/C15H19N5O4S3/c1-10-4-6-11(7-5-10)16-13(22)9-25-15-19-18-14(26-15)17-12(21)8-20(2)27(3,23)24/h4-7H,8-9H2,1-3H3,(H,16,22)(H,17,18,21). The Balaban J connectivity index is 1.80. The van der Waals surface area contributed by atoms with Gasteiger partial charge in [-0.25, -0.2) is 8.42 Å². The molecule has 146 valence electrons. The molecule has 0 fully saturated rings. The fraction of sp³-hybridized carbons (Fsp3) is 0.333. The van der Waals surface area contributed by atoms with Crippen molar-refractivity contribution in [2.75, 3.05) is 36.2 Å². The quantitative estimate of drug-likeness (QED) is 0.481. The number of carbonyl (C=O) groups is 2. The van der Waals surface area contributed by atoms with Gasteiger partial charge < -0.3 is 5.32 Å². The van der Waals surface area contributed by atoms with E-state index < -0.39 is 15.9 Å². The van der Waals surface area contributed by atoms with E-state index in [4.69, 9.17) is 0 Å². The SMILES string of the molecule is Cc1ccc(NC(=O)CSc2nnc(NC(=O)CN(C)S(C)(=O)=O)s2)cc1. The predicted molar refractivity (Wildman–Crippen MR) is 107 cm³/mol. The van der Waals surface area contributed by atoms with Crippen LogP contribution in [-0.2, 0) is 19.6 Å². The molecule has 0 atom stereocenters. The Morgan fingerprint density at radius 3 is 2.44 bits per heavy atom. The van der Waals surface area contributed by atoms with E-state index in [0.29, 0.717) is 10.0 Å². The zero-order chi connectivity index (χ0) is 20.0. The van der Waals surface area contributed by atoms with Gasteiger partial charge in [0.15, 0.2) is 4.34 Å². The van der Waals surface area contributed by atoms with E-state index in [0.717, 1.165) is 27.5 Å². The van der Waals surface area contributed by atoms with E-state index in [9.17, 15) is 18.0 Å². The summed E-state index contributed by atoms with van der Waals surface area (Å²) in [6, 6.07) is 7.46. The summed E-state index contributed by atoms with van der Waals surface area (Å²) in [5.74, 6) is -0.556. The number of amides is 2. The first-order valence-corrected chi connectivity index (χ1v) is 11.3. The molecular weight excluding hydrogens is 410 g/mol. The van der Waals surface area contributed by atoms with Crippen LogP contribution in [0.3, 0.4) is 0 Å². The Kier molecular flexibility index (Phi) is 7.30. The van der Waals surface area contributed by atoms with Crippen molar-refractivity contribution in [2.24, 2.45) is 0 Å². The Hall–Kier alpha value is -2.02. The van der Waals surface area contributed by atoms with Crippen LogP contribution in [-0.4, -0.2) is 60.3 Å². The molecule has 0 aliphatic heterocycles. The molecule has 0 aliphatic carbocycles. The molecule has 0 aliphatic rings. The average Bonchev–Trinajstić information content (AvgIpc) is 3.01. The molecule has 0 unspecified atom stereocenters. The van der Waals surface area contributed by atoms with Crippen molar-refractivity contribution in [2.45, 2.75) is 11.3 Å². The van der Waals surface area contributed by atoms with Crippen LogP contribution in [0.5, 0.6) is 0 Å². The second kappa shape index (κ2) is 9.26. The number of aromatic nitrogens is 2. The van der Waals surface area contributed by atoms with Gasteiger partial charge in [0, 0.05) is 12.7 Å². The number of benzene rings is 1. The second-order valence-corrected chi connectivity index (χ2v) is 9.93. The summed E-state index contributed by atoms with van der Waals surface area (Å²) in [7, 11) is -2.13. The van der Waals surface area contributed by atoms with Gasteiger partial charge in [0.2, 0.25) is 27.0 Å². The fourth-order valence-corrected chi connectivity index (χ4v) is 3.68. The minimum atomic E-state index is -3.44. The minimum absolute atomic E-state index is 0.146. The van der Waals surface area contributed by atoms with Gasteiger partial charge in [-0.15, -0.1) is 10.2 Å². The highest BCUT2D eigenvalue weighted by Gasteiger charge is 2.17. The van der Waals surface area contributed by atoms with Gasteiger partial charge in [-0.1, -0.05) is 40.8 Å². The number of nitrogens with one attached hydrogen (secondary N) is 2. The molecule has 1 aromatic heterocycles. The fourth-order valence-electron chi connectivity index (χ4n) is 1.76. The second-order valence-electron chi connectivity index (χ2n) is 5.64. The molecule has 1 aromatic carbocycles. The lowest BCUT2D eigenvalue weighted by Crippen LogP contribution is -2.34. The highest BCUT2D eigenvalue weighted by Crippen LogP contribution is 2.25. The Labute approximate surface area is 165 Å². The van der Waals surface area contributed by atoms with Crippen molar-refractivity contribution in [3.63, 3.8) is 0 Å². The van der Waals surface area contributed by atoms with Crippen LogP contribution in [0.4, 0.5) is 10.8 Å². The van der Waals surface area contributed by atoms with Crippen molar-refractivity contribution in [3.8, 4) is 0 Å². The molecule has 12 heteroatoms. The van der Waals surface area contributed by atoms with E-state index in [1.807, 2.05) is 31.2 Å². The maximum Gasteiger partial charge on any atom is 0.241 e. The van der Waals surface area contributed by atoms with Crippen molar-refractivity contribution in [1.82, 2.24) is 14.5 Å². The van der Waals surface area contributed by atoms with Gasteiger partial charge in [0.05, 0.1) is 18.6 Å². The summed E-state index contributed by atoms with van der Waals surface area (Å²) in [5, 5.41) is 13.2. The van der Waals surface area contributed by atoms with Gasteiger partial charge in [0.25, 0.3) is 0 Å². The van der Waals surface area contributed by atoms with Gasteiger partial charge in [-0.3, -0.25) is 14.9 Å². The lowest BCUT2D eigenvalue weighted by atomic mass is 10.2. The van der Waals surface area contributed by atoms with Crippen LogP contribution in [0, 0.1) is 6.92 Å². The van der Waals surface area contributed by atoms with E-state index in [1.165, 1.54) is 18.8 Å². The van der Waals surface area contributed by atoms with Gasteiger partial charge >= 0.3 is 0 Å². The summed E-state index contributed by atoms with van der Waals surface area (Å²) in [4.78, 5) is 23.8. The first-order valence-electron chi connectivity index (χ1n) is 7.67. The van der Waals surface area contributed by atoms with E-state index in [1.54, 1.807) is 0 Å². The van der Waals surface area contributed by atoms with E-state index in [-0.39, 0.29) is 23.3 Å². The van der Waals surface area contributed by atoms with Crippen molar-refractivity contribution in [1.29, 1.82) is 0 Å². The van der Waals surface area contributed by atoms with Crippen LogP contribution in [0.15, 0.2) is 28.6 Å². The predicted octanol–water partition coefficient (Wildman–Crippen LogP) is 1.41. The third-order valence-corrected chi connectivity index (χ3v) is 6.48. The summed E-state index contributed by atoms with van der Waals surface area (Å²) in [6.07, 6.45) is 1.02. The molecule has 2 aromatic rings. The normalized spacial score (nSPS) is 11.4. The number of hydrogen-bond donors (Lipinski definition) is 2. The van der Waals surface area contributed by atoms with E-state index >= 15 is 0 Å². The maximum atomic E-state index is 12.0. The van der Waals surface area contributed by atoms with Gasteiger partial charge in [-0.05, 0) is 19.1 Å². The molecule has 0 radical (unpaired) electrons. The molecule has 9 nitrogen and oxygen atoms in total. The molecule has 0 bridgehead atoms. The number of carbonyl (C=O) groups excluding carboxylic acids is 2. The Bertz CT molecular complexity index is 912. The highest BCUT2D eigenvalue weighted by atomic mass is 32.2. The Morgan fingerprint density at radius 2 is 1.81 bits per heavy atom. The largest absolute Gasteiger partial charge is 0.325 e. The highest BCUT2D eigenvalue weighted by molar-refractivity contribution is 8.01. The van der Waals surface area contributed by atoms with Crippen LogP contribution >= 0.6 is 23.1 Å². The number of sulfonamides is 1. The summed E-state index contributed by atoms with van der Waals surface area (Å²) < 4.78 is 24.0. The van der Waals surface area contributed by atoms with Crippen LogP contribution in [0.2, 0.25) is 0 Å². The molecule has 0 spiro atoms. The number of aryl methyl sites for hydroxylation is 1. The molecule has 2 N–H and O–H groups in total. The van der Waals surface area contributed by atoms with Crippen LogP contribution in [0.25, 0.3) is 0 Å². The monoisotopic (exact) mass is 429 g/mol. The zero-order valence-electron chi connectivity index (χ0n) is 14.9. The van der Waals surface area contributed by atoms with Crippen molar-refractivity contribution in [3.05, 3.63) is 29.8 Å². The van der Waals surface area contributed by atoms with Crippen molar-refractivity contribution >= 4 is 55.8 Å². The first kappa shape index (κ1) is 21.3.